The van der Waals surface area contributed by atoms with Gasteiger partial charge in [-0.1, -0.05) is 0 Å². The molecule has 12 nitrogen and oxygen atoms in total. The first kappa shape index (κ1) is 25.5. The molecule has 2 aromatic rings. The molecule has 2 saturated carbocycles. The van der Waals surface area contributed by atoms with Crippen LogP contribution in [0, 0.1) is 23.7 Å². The maximum absolute atomic E-state index is 13.8. The van der Waals surface area contributed by atoms with Crippen LogP contribution in [0.1, 0.15) is 32.7 Å². The van der Waals surface area contributed by atoms with Crippen LogP contribution < -0.4 is 11.5 Å². The van der Waals surface area contributed by atoms with Crippen molar-refractivity contribution in [3.8, 4) is 17.1 Å². The third-order valence-electron chi connectivity index (χ3n) is 8.12. The van der Waals surface area contributed by atoms with Gasteiger partial charge in [-0.2, -0.15) is 0 Å². The normalized spacial score (nSPS) is 30.6. The Kier molecular flexibility index (Phi) is 5.65. The van der Waals surface area contributed by atoms with E-state index in [2.05, 4.69) is 0 Å². The molecule has 12 heteroatoms. The van der Waals surface area contributed by atoms with Crippen LogP contribution in [0.5, 0.6) is 5.75 Å². The highest BCUT2D eigenvalue weighted by Gasteiger charge is 2.69. The molecule has 0 bridgehead atoms. The van der Waals surface area contributed by atoms with Gasteiger partial charge in [0.25, 0.3) is 5.91 Å². The Bertz CT molecular complexity index is 1460. The van der Waals surface area contributed by atoms with E-state index in [9.17, 15) is 39.0 Å². The second-order valence-corrected chi connectivity index (χ2v) is 10.3. The van der Waals surface area contributed by atoms with Crippen molar-refractivity contribution in [3.05, 3.63) is 41.2 Å². The van der Waals surface area contributed by atoms with Gasteiger partial charge in [-0.3, -0.25) is 33.7 Å². The summed E-state index contributed by atoms with van der Waals surface area (Å²) in [7, 11) is 3.01. The Morgan fingerprint density at radius 3 is 2.37 bits per heavy atom. The van der Waals surface area contributed by atoms with Crippen molar-refractivity contribution in [1.29, 1.82) is 0 Å². The summed E-state index contributed by atoms with van der Waals surface area (Å²) in [5.41, 5.74) is 8.42. The number of phenolic OH excluding ortho intramolecular Hbond substituents is 1. The van der Waals surface area contributed by atoms with Crippen LogP contribution in [0.15, 0.2) is 28.9 Å². The highest BCUT2D eigenvalue weighted by atomic mass is 16.3. The van der Waals surface area contributed by atoms with Crippen molar-refractivity contribution in [1.82, 2.24) is 4.90 Å². The summed E-state index contributed by atoms with van der Waals surface area (Å²) in [6.07, 6.45) is 1.18. The molecule has 198 valence electrons. The number of ketones is 4. The summed E-state index contributed by atoms with van der Waals surface area (Å²) < 4.78 is 5.48. The largest absolute Gasteiger partial charge is 0.507 e. The molecule has 2 fully saturated rings. The summed E-state index contributed by atoms with van der Waals surface area (Å²) in [5.74, 6) is -12.1. The van der Waals surface area contributed by atoms with E-state index in [1.54, 1.807) is 0 Å². The van der Waals surface area contributed by atoms with Gasteiger partial charge in [0.05, 0.1) is 29.3 Å². The first-order chi connectivity index (χ1) is 17.8. The number of nitrogens with two attached hydrogens (primary N) is 2. The Balaban J connectivity index is 1.67. The second-order valence-electron chi connectivity index (χ2n) is 10.3. The number of aliphatic hydroxyl groups is 1. The van der Waals surface area contributed by atoms with Crippen molar-refractivity contribution in [2.75, 3.05) is 14.1 Å². The lowest BCUT2D eigenvalue weighted by Crippen LogP contribution is -2.74. The molecule has 1 aromatic carbocycles. The number of carbonyl (C=O) groups excluding carboxylic acids is 6. The van der Waals surface area contributed by atoms with Crippen molar-refractivity contribution in [2.24, 2.45) is 35.1 Å². The van der Waals surface area contributed by atoms with Crippen LogP contribution in [-0.2, 0) is 25.6 Å². The molecule has 1 aromatic heterocycles. The predicted octanol–water partition coefficient (Wildman–Crippen LogP) is -0.774. The number of phenols is 1. The van der Waals surface area contributed by atoms with Crippen LogP contribution in [-0.4, -0.2) is 75.8 Å². The molecule has 5 rings (SSSR count). The van der Waals surface area contributed by atoms with Gasteiger partial charge >= 0.3 is 0 Å². The average molecular weight is 523 g/mol. The summed E-state index contributed by atoms with van der Waals surface area (Å²) in [6, 6.07) is 2.83. The smallest absolute Gasteiger partial charge is 0.252 e. The summed E-state index contributed by atoms with van der Waals surface area (Å²) in [6.45, 7) is 0. The lowest BCUT2D eigenvalue weighted by atomic mass is 9.52. The van der Waals surface area contributed by atoms with E-state index in [1.807, 2.05) is 0 Å². The van der Waals surface area contributed by atoms with Gasteiger partial charge in [0.1, 0.15) is 11.5 Å². The fourth-order valence-corrected chi connectivity index (χ4v) is 6.53. The molecule has 6 atom stereocenters. The fourth-order valence-electron chi connectivity index (χ4n) is 6.53. The van der Waals surface area contributed by atoms with E-state index >= 15 is 0 Å². The topological polar surface area (TPSA) is 211 Å². The maximum Gasteiger partial charge on any atom is 0.252 e. The first-order valence-corrected chi connectivity index (χ1v) is 11.9. The van der Waals surface area contributed by atoms with Gasteiger partial charge < -0.3 is 26.1 Å². The number of furan rings is 1. The number of aromatic hydroxyl groups is 1. The molecule has 2 amide bonds. The van der Waals surface area contributed by atoms with Crippen LogP contribution in [0.3, 0.4) is 0 Å². The fraction of sp³-hybridized carbons (Fsp3) is 0.385. The Morgan fingerprint density at radius 1 is 1.08 bits per heavy atom. The number of rotatable bonds is 4. The molecular formula is C26H25N3O9. The highest BCUT2D eigenvalue weighted by Crippen LogP contribution is 2.51. The van der Waals surface area contributed by atoms with Crippen LogP contribution in [0.4, 0.5) is 0 Å². The van der Waals surface area contributed by atoms with Crippen molar-refractivity contribution in [3.63, 3.8) is 0 Å². The number of hydrogen-bond donors (Lipinski definition) is 4. The number of hydrogen-bond acceptors (Lipinski definition) is 10. The zero-order valence-corrected chi connectivity index (χ0v) is 20.5. The summed E-state index contributed by atoms with van der Waals surface area (Å²) >= 11 is 0. The number of primary amides is 2. The maximum atomic E-state index is 13.8. The number of likely N-dealkylation sites (N-methyl/N-ethyl adjacent to an activating group) is 1. The zero-order chi connectivity index (χ0) is 27.8. The molecule has 0 aliphatic heterocycles. The van der Waals surface area contributed by atoms with E-state index in [1.165, 1.54) is 43.5 Å². The van der Waals surface area contributed by atoms with E-state index in [0.29, 0.717) is 11.1 Å². The number of fused-ring (bicyclic) bond motifs is 3. The minimum Gasteiger partial charge on any atom is -0.507 e. The average Bonchev–Trinajstić information content (AvgIpc) is 3.31. The molecule has 6 N–H and O–H groups in total. The number of nitrogens with zero attached hydrogens (tertiary/aromatic N) is 1. The van der Waals surface area contributed by atoms with E-state index in [4.69, 9.17) is 15.9 Å². The summed E-state index contributed by atoms with van der Waals surface area (Å²) in [5, 5.41) is 22.2. The minimum atomic E-state index is -2.80. The Morgan fingerprint density at radius 2 is 1.76 bits per heavy atom. The van der Waals surface area contributed by atoms with Gasteiger partial charge in [-0.15, -0.1) is 0 Å². The SMILES string of the molecule is CN(C)[C@H]1C(=O)C(C(N)=O)C(=O)[C@]2(O)C(=O)C3C(=O)c4c(O)ccc(-c5occc5C(N)=O)c4C[C@@H]3C[C@H]12. The quantitative estimate of drug-likeness (QED) is 0.367. The Hall–Kier alpha value is -4.16. The first-order valence-electron chi connectivity index (χ1n) is 11.9. The molecule has 38 heavy (non-hydrogen) atoms. The van der Waals surface area contributed by atoms with Crippen molar-refractivity contribution < 1.29 is 43.4 Å². The third-order valence-corrected chi connectivity index (χ3v) is 8.12. The van der Waals surface area contributed by atoms with E-state index in [-0.39, 0.29) is 29.7 Å². The van der Waals surface area contributed by atoms with Crippen LogP contribution in [0.25, 0.3) is 11.3 Å². The van der Waals surface area contributed by atoms with Gasteiger partial charge in [-0.05, 0) is 56.6 Å². The zero-order valence-electron chi connectivity index (χ0n) is 20.5. The number of benzene rings is 1. The number of Topliss-reactive ketones (excluding diaryl/α,β-unsaturated/α-hetero) is 4. The molecule has 3 aliphatic rings. The van der Waals surface area contributed by atoms with Crippen molar-refractivity contribution in [2.45, 2.75) is 24.5 Å². The Labute approximate surface area is 215 Å². The van der Waals surface area contributed by atoms with Gasteiger partial charge in [-0.25, -0.2) is 0 Å². The molecule has 2 unspecified atom stereocenters. The molecule has 3 aliphatic carbocycles. The lowest BCUT2D eigenvalue weighted by Gasteiger charge is -2.52. The van der Waals surface area contributed by atoms with Gasteiger partial charge in [0.15, 0.2) is 34.7 Å². The van der Waals surface area contributed by atoms with Crippen molar-refractivity contribution >= 4 is 34.9 Å². The monoisotopic (exact) mass is 523 g/mol. The molecule has 0 saturated heterocycles. The van der Waals surface area contributed by atoms with Gasteiger partial charge in [0, 0.05) is 11.5 Å². The van der Waals surface area contributed by atoms with E-state index in [0.717, 1.165) is 0 Å². The molecule has 0 spiro atoms. The highest BCUT2D eigenvalue weighted by molar-refractivity contribution is 6.32. The lowest BCUT2D eigenvalue weighted by molar-refractivity contribution is -0.181. The van der Waals surface area contributed by atoms with Crippen LogP contribution in [0.2, 0.25) is 0 Å². The standard InChI is InChI=1S/C26H25N3O9/c1-29(2)18-13-8-9-7-12-10(21-11(24(27)35)5-6-38-21)3-4-14(30)16(12)19(31)15(9)22(33)26(13,37)23(34)17(20(18)32)25(28)36/h3-6,9,13,15,17-18,30,37H,7-8H2,1-2H3,(H2,27,35)(H2,28,36)/t9-,13-,15?,17?,18-,26-/m1/s1. The third kappa shape index (κ3) is 3.23. The number of carbonyl (C=O) groups is 6. The predicted molar refractivity (Wildman–Crippen MR) is 128 cm³/mol. The minimum absolute atomic E-state index is 0.0223. The molecule has 0 radical (unpaired) electrons. The van der Waals surface area contributed by atoms with Gasteiger partial charge in [0.2, 0.25) is 5.91 Å². The molecule has 1 heterocycles. The van der Waals surface area contributed by atoms with Crippen LogP contribution >= 0.6 is 0 Å². The second kappa shape index (κ2) is 8.43. The summed E-state index contributed by atoms with van der Waals surface area (Å²) in [4.78, 5) is 79.4. The molecular weight excluding hydrogens is 498 g/mol. The number of amides is 2. The van der Waals surface area contributed by atoms with E-state index < -0.39 is 76.0 Å².